The Morgan fingerprint density at radius 2 is 2.18 bits per heavy atom. The monoisotopic (exact) mass is 301 g/mol. The fourth-order valence-electron chi connectivity index (χ4n) is 1.56. The highest BCUT2D eigenvalue weighted by atomic mass is 79.9. The first-order chi connectivity index (χ1) is 8.27. The third kappa shape index (κ3) is 5.35. The number of aromatic nitrogens is 2. The van der Waals surface area contributed by atoms with Gasteiger partial charge in [-0.15, -0.1) is 0 Å². The van der Waals surface area contributed by atoms with Crippen molar-refractivity contribution in [1.29, 1.82) is 0 Å². The number of halogens is 1. The van der Waals surface area contributed by atoms with Gasteiger partial charge < -0.3 is 10.3 Å². The molecule has 1 heterocycles. The molecule has 17 heavy (non-hydrogen) atoms. The van der Waals surface area contributed by atoms with E-state index in [2.05, 4.69) is 38.1 Å². The van der Waals surface area contributed by atoms with Gasteiger partial charge in [-0.3, -0.25) is 4.79 Å². The van der Waals surface area contributed by atoms with Crippen LogP contribution >= 0.6 is 15.9 Å². The lowest BCUT2D eigenvalue weighted by Crippen LogP contribution is -2.04. The van der Waals surface area contributed by atoms with Crippen molar-refractivity contribution < 1.29 is 4.79 Å². The van der Waals surface area contributed by atoms with Crippen LogP contribution in [0, 0.1) is 0 Å². The van der Waals surface area contributed by atoms with Gasteiger partial charge in [-0.2, -0.15) is 0 Å². The first kappa shape index (κ1) is 14.2. The SMILES string of the molecule is CCCCCCCNc1ncc(C(=O)CBr)[nH]1. The molecule has 0 fully saturated rings. The van der Waals surface area contributed by atoms with Crippen LogP contribution < -0.4 is 5.32 Å². The van der Waals surface area contributed by atoms with Crippen LogP contribution in [0.2, 0.25) is 0 Å². The van der Waals surface area contributed by atoms with Gasteiger partial charge in [-0.25, -0.2) is 4.98 Å². The maximum atomic E-state index is 11.3. The maximum Gasteiger partial charge on any atom is 0.200 e. The molecule has 0 bridgehead atoms. The summed E-state index contributed by atoms with van der Waals surface area (Å²) in [5.41, 5.74) is 0.551. The number of aromatic amines is 1. The molecule has 4 nitrogen and oxygen atoms in total. The molecule has 0 atom stereocenters. The van der Waals surface area contributed by atoms with Crippen LogP contribution in [0.3, 0.4) is 0 Å². The molecule has 0 spiro atoms. The van der Waals surface area contributed by atoms with Crippen molar-refractivity contribution in [3.05, 3.63) is 11.9 Å². The van der Waals surface area contributed by atoms with E-state index in [9.17, 15) is 4.79 Å². The normalized spacial score (nSPS) is 10.5. The summed E-state index contributed by atoms with van der Waals surface area (Å²) in [4.78, 5) is 18.4. The van der Waals surface area contributed by atoms with Crippen LogP contribution in [-0.4, -0.2) is 27.6 Å². The Morgan fingerprint density at radius 1 is 1.41 bits per heavy atom. The maximum absolute atomic E-state index is 11.3. The summed E-state index contributed by atoms with van der Waals surface area (Å²) >= 11 is 3.13. The number of H-pyrrole nitrogens is 1. The van der Waals surface area contributed by atoms with Gasteiger partial charge in [0, 0.05) is 6.54 Å². The van der Waals surface area contributed by atoms with Gasteiger partial charge in [0.2, 0.25) is 5.95 Å². The van der Waals surface area contributed by atoms with Crippen molar-refractivity contribution >= 4 is 27.7 Å². The topological polar surface area (TPSA) is 57.8 Å². The average Bonchev–Trinajstić information content (AvgIpc) is 2.81. The number of carbonyl (C=O) groups is 1. The van der Waals surface area contributed by atoms with Crippen molar-refractivity contribution in [2.45, 2.75) is 39.0 Å². The predicted molar refractivity (Wildman–Crippen MR) is 74.0 cm³/mol. The van der Waals surface area contributed by atoms with E-state index in [1.54, 1.807) is 6.20 Å². The van der Waals surface area contributed by atoms with E-state index in [0.29, 0.717) is 17.0 Å². The minimum absolute atomic E-state index is 0.0218. The number of Topliss-reactive ketones (excluding diaryl/α,β-unsaturated/α-hetero) is 1. The second-order valence-corrected chi connectivity index (χ2v) is 4.60. The molecule has 0 aliphatic heterocycles. The largest absolute Gasteiger partial charge is 0.356 e. The number of hydrogen-bond donors (Lipinski definition) is 2. The molecule has 0 aromatic carbocycles. The Bertz CT molecular complexity index is 338. The highest BCUT2D eigenvalue weighted by Crippen LogP contribution is 2.06. The molecular formula is C12H20BrN3O. The number of anilines is 1. The van der Waals surface area contributed by atoms with E-state index in [1.165, 1.54) is 25.7 Å². The minimum atomic E-state index is 0.0218. The molecule has 96 valence electrons. The number of hydrogen-bond acceptors (Lipinski definition) is 3. The molecule has 0 radical (unpaired) electrons. The smallest absolute Gasteiger partial charge is 0.200 e. The first-order valence-corrected chi connectivity index (χ1v) is 7.28. The fraction of sp³-hybridized carbons (Fsp3) is 0.667. The van der Waals surface area contributed by atoms with Gasteiger partial charge in [0.1, 0.15) is 5.69 Å². The van der Waals surface area contributed by atoms with Crippen LogP contribution in [-0.2, 0) is 0 Å². The molecule has 0 amide bonds. The Labute approximate surface area is 111 Å². The molecular weight excluding hydrogens is 282 g/mol. The Hall–Kier alpha value is -0.840. The van der Waals surface area contributed by atoms with Crippen LogP contribution in [0.25, 0.3) is 0 Å². The van der Waals surface area contributed by atoms with E-state index in [4.69, 9.17) is 0 Å². The second kappa shape index (κ2) is 8.28. The van der Waals surface area contributed by atoms with E-state index in [1.807, 2.05) is 0 Å². The fourth-order valence-corrected chi connectivity index (χ4v) is 1.86. The number of imidazole rings is 1. The highest BCUT2D eigenvalue weighted by Gasteiger charge is 2.07. The minimum Gasteiger partial charge on any atom is -0.356 e. The quantitative estimate of drug-likeness (QED) is 0.418. The van der Waals surface area contributed by atoms with Gasteiger partial charge in [-0.1, -0.05) is 48.5 Å². The summed E-state index contributed by atoms with van der Waals surface area (Å²) in [5.74, 6) is 0.707. The third-order valence-corrected chi connectivity index (χ3v) is 3.08. The third-order valence-electron chi connectivity index (χ3n) is 2.57. The molecule has 1 rings (SSSR count). The molecule has 0 saturated carbocycles. The van der Waals surface area contributed by atoms with Crippen molar-refractivity contribution in [2.75, 3.05) is 17.2 Å². The first-order valence-electron chi connectivity index (χ1n) is 6.16. The summed E-state index contributed by atoms with van der Waals surface area (Å²) < 4.78 is 0. The number of nitrogens with zero attached hydrogens (tertiary/aromatic N) is 1. The molecule has 1 aromatic heterocycles. The van der Waals surface area contributed by atoms with E-state index in [-0.39, 0.29) is 5.78 Å². The van der Waals surface area contributed by atoms with Gasteiger partial charge >= 0.3 is 0 Å². The van der Waals surface area contributed by atoms with Crippen LogP contribution in [0.4, 0.5) is 5.95 Å². The van der Waals surface area contributed by atoms with Crippen molar-refractivity contribution in [2.24, 2.45) is 0 Å². The lowest BCUT2D eigenvalue weighted by Gasteiger charge is -2.02. The Morgan fingerprint density at radius 3 is 2.88 bits per heavy atom. The zero-order chi connectivity index (χ0) is 12.5. The van der Waals surface area contributed by atoms with Crippen molar-refractivity contribution in [3.8, 4) is 0 Å². The van der Waals surface area contributed by atoms with Crippen molar-refractivity contribution in [3.63, 3.8) is 0 Å². The molecule has 0 saturated heterocycles. The lowest BCUT2D eigenvalue weighted by atomic mass is 10.1. The number of rotatable bonds is 9. The summed E-state index contributed by atoms with van der Waals surface area (Å²) in [7, 11) is 0. The molecule has 2 N–H and O–H groups in total. The summed E-state index contributed by atoms with van der Waals surface area (Å²) in [6.07, 6.45) is 7.83. The lowest BCUT2D eigenvalue weighted by molar-refractivity contribution is 0.101. The van der Waals surface area contributed by atoms with Gasteiger partial charge in [0.15, 0.2) is 5.78 Å². The van der Waals surface area contributed by atoms with E-state index in [0.717, 1.165) is 13.0 Å². The zero-order valence-corrected chi connectivity index (χ0v) is 11.8. The zero-order valence-electron chi connectivity index (χ0n) is 10.3. The Balaban J connectivity index is 2.19. The number of carbonyl (C=O) groups excluding carboxylic acids is 1. The summed E-state index contributed by atoms with van der Waals surface area (Å²) in [6.45, 7) is 3.11. The van der Waals surface area contributed by atoms with Gasteiger partial charge in [-0.05, 0) is 6.42 Å². The highest BCUT2D eigenvalue weighted by molar-refractivity contribution is 9.09. The molecule has 5 heteroatoms. The van der Waals surface area contributed by atoms with E-state index < -0.39 is 0 Å². The second-order valence-electron chi connectivity index (χ2n) is 4.04. The molecule has 1 aromatic rings. The number of nitrogens with one attached hydrogen (secondary N) is 2. The summed E-state index contributed by atoms with van der Waals surface area (Å²) in [5, 5.41) is 3.51. The van der Waals surface area contributed by atoms with Crippen molar-refractivity contribution in [1.82, 2.24) is 9.97 Å². The predicted octanol–water partition coefficient (Wildman–Crippen LogP) is 3.37. The number of alkyl halides is 1. The molecule has 0 unspecified atom stereocenters. The Kier molecular flexibility index (Phi) is 6.93. The molecule has 0 aliphatic carbocycles. The van der Waals surface area contributed by atoms with Crippen LogP contribution in [0.5, 0.6) is 0 Å². The van der Waals surface area contributed by atoms with Gasteiger partial charge in [0.25, 0.3) is 0 Å². The number of ketones is 1. The number of unbranched alkanes of at least 4 members (excludes halogenated alkanes) is 4. The summed E-state index contributed by atoms with van der Waals surface area (Å²) in [6, 6.07) is 0. The van der Waals surface area contributed by atoms with Gasteiger partial charge in [0.05, 0.1) is 11.5 Å². The standard InChI is InChI=1S/C12H20BrN3O/c1-2-3-4-5-6-7-14-12-15-9-10(16-12)11(17)8-13/h9H,2-8H2,1H3,(H2,14,15,16). The molecule has 0 aliphatic rings. The van der Waals surface area contributed by atoms with Crippen LogP contribution in [0.1, 0.15) is 49.5 Å². The average molecular weight is 302 g/mol. The van der Waals surface area contributed by atoms with Crippen LogP contribution in [0.15, 0.2) is 6.20 Å². The van der Waals surface area contributed by atoms with E-state index >= 15 is 0 Å².